The zero-order valence-corrected chi connectivity index (χ0v) is 16.2. The van der Waals surface area contributed by atoms with Gasteiger partial charge in [-0.25, -0.2) is 13.4 Å². The molecule has 0 atom stereocenters. The smallest absolute Gasteiger partial charge is 0.257 e. The van der Waals surface area contributed by atoms with Gasteiger partial charge in [-0.15, -0.1) is 0 Å². The van der Waals surface area contributed by atoms with Crippen LogP contribution in [0.2, 0.25) is 0 Å². The first-order chi connectivity index (χ1) is 13.0. The van der Waals surface area contributed by atoms with Crippen molar-refractivity contribution in [3.63, 3.8) is 0 Å². The van der Waals surface area contributed by atoms with Gasteiger partial charge in [-0.2, -0.15) is 0 Å². The van der Waals surface area contributed by atoms with E-state index in [-0.39, 0.29) is 17.4 Å². The number of thiazole rings is 1. The maximum atomic E-state index is 12.6. The highest BCUT2D eigenvalue weighted by atomic mass is 32.2. The molecule has 1 aromatic heterocycles. The molecule has 0 aliphatic carbocycles. The van der Waals surface area contributed by atoms with Crippen molar-refractivity contribution >= 4 is 42.4 Å². The third kappa shape index (κ3) is 4.35. The number of benzene rings is 2. The van der Waals surface area contributed by atoms with Gasteiger partial charge in [0.25, 0.3) is 5.91 Å². The summed E-state index contributed by atoms with van der Waals surface area (Å²) < 4.78 is 24.1. The molecule has 140 valence electrons. The molecule has 0 radical (unpaired) electrons. The Hall–Kier alpha value is -2.29. The van der Waals surface area contributed by atoms with E-state index in [9.17, 15) is 13.2 Å². The van der Waals surface area contributed by atoms with Crippen LogP contribution >= 0.6 is 11.3 Å². The van der Waals surface area contributed by atoms with Gasteiger partial charge in [-0.3, -0.25) is 15.0 Å². The summed E-state index contributed by atoms with van der Waals surface area (Å²) >= 11 is 1.44. The first-order valence-electron chi connectivity index (χ1n) is 8.67. The Morgan fingerprint density at radius 1 is 1.11 bits per heavy atom. The number of aromatic nitrogens is 1. The Labute approximate surface area is 161 Å². The SMILES string of the molecule is O=C(Nc1nc2ccccc2s1)c1cccc(CN2CCS(=O)(=O)CC2)c1. The molecule has 1 aliphatic rings. The molecule has 27 heavy (non-hydrogen) atoms. The van der Waals surface area contributed by atoms with E-state index in [0.717, 1.165) is 15.8 Å². The van der Waals surface area contributed by atoms with Gasteiger partial charge in [0.1, 0.15) is 0 Å². The topological polar surface area (TPSA) is 79.4 Å². The number of rotatable bonds is 4. The van der Waals surface area contributed by atoms with Crippen LogP contribution in [0.15, 0.2) is 48.5 Å². The predicted molar refractivity (Wildman–Crippen MR) is 108 cm³/mol. The Morgan fingerprint density at radius 3 is 2.67 bits per heavy atom. The number of carbonyl (C=O) groups is 1. The number of sulfone groups is 1. The molecule has 1 N–H and O–H groups in total. The fraction of sp³-hybridized carbons (Fsp3) is 0.263. The Balaban J connectivity index is 1.44. The van der Waals surface area contributed by atoms with Crippen molar-refractivity contribution in [1.29, 1.82) is 0 Å². The van der Waals surface area contributed by atoms with Crippen molar-refractivity contribution in [2.75, 3.05) is 29.9 Å². The van der Waals surface area contributed by atoms with Gasteiger partial charge in [0.15, 0.2) is 15.0 Å². The number of nitrogens with zero attached hydrogens (tertiary/aromatic N) is 2. The first-order valence-corrected chi connectivity index (χ1v) is 11.3. The Bertz CT molecular complexity index is 1050. The molecule has 4 rings (SSSR count). The Morgan fingerprint density at radius 2 is 1.89 bits per heavy atom. The van der Waals surface area contributed by atoms with Gasteiger partial charge < -0.3 is 0 Å². The number of nitrogens with one attached hydrogen (secondary N) is 1. The normalized spacial score (nSPS) is 17.0. The van der Waals surface area contributed by atoms with Gasteiger partial charge in [0.05, 0.1) is 21.7 Å². The molecule has 1 fully saturated rings. The van der Waals surface area contributed by atoms with Crippen LogP contribution < -0.4 is 5.32 Å². The highest BCUT2D eigenvalue weighted by molar-refractivity contribution is 7.91. The molecule has 1 saturated heterocycles. The van der Waals surface area contributed by atoms with Crippen molar-refractivity contribution in [3.8, 4) is 0 Å². The van der Waals surface area contributed by atoms with E-state index < -0.39 is 9.84 Å². The summed E-state index contributed by atoms with van der Waals surface area (Å²) in [6.07, 6.45) is 0. The van der Waals surface area contributed by atoms with E-state index in [1.807, 2.05) is 42.5 Å². The number of anilines is 1. The minimum absolute atomic E-state index is 0.197. The fourth-order valence-electron chi connectivity index (χ4n) is 3.07. The molecule has 1 amide bonds. The standard InChI is InChI=1S/C19H19N3O3S2/c23-18(21-19-20-16-6-1-2-7-17(16)26-19)15-5-3-4-14(12-15)13-22-8-10-27(24,25)11-9-22/h1-7,12H,8-11,13H2,(H,20,21,23). The van der Waals surface area contributed by atoms with Crippen LogP contribution in [0.1, 0.15) is 15.9 Å². The fourth-order valence-corrected chi connectivity index (χ4v) is 5.21. The first kappa shape index (κ1) is 18.1. The molecule has 3 aromatic rings. The average Bonchev–Trinajstić information content (AvgIpc) is 3.06. The van der Waals surface area contributed by atoms with E-state index >= 15 is 0 Å². The molecule has 0 bridgehead atoms. The minimum atomic E-state index is -2.89. The molecule has 2 aromatic carbocycles. The number of fused-ring (bicyclic) bond motifs is 1. The van der Waals surface area contributed by atoms with Gasteiger partial charge in [-0.05, 0) is 29.8 Å². The van der Waals surface area contributed by atoms with Gasteiger partial charge in [0, 0.05) is 25.2 Å². The van der Waals surface area contributed by atoms with Crippen molar-refractivity contribution in [1.82, 2.24) is 9.88 Å². The summed E-state index contributed by atoms with van der Waals surface area (Å²) in [7, 11) is -2.89. The molecular weight excluding hydrogens is 382 g/mol. The van der Waals surface area contributed by atoms with Gasteiger partial charge in [-0.1, -0.05) is 35.6 Å². The van der Waals surface area contributed by atoms with Crippen LogP contribution in [0.25, 0.3) is 10.2 Å². The van der Waals surface area contributed by atoms with Crippen LogP contribution in [0.4, 0.5) is 5.13 Å². The second-order valence-electron chi connectivity index (χ2n) is 6.57. The van der Waals surface area contributed by atoms with E-state index in [0.29, 0.717) is 30.3 Å². The van der Waals surface area contributed by atoms with Crippen molar-refractivity contribution in [2.45, 2.75) is 6.54 Å². The zero-order valence-electron chi connectivity index (χ0n) is 14.6. The summed E-state index contributed by atoms with van der Waals surface area (Å²) in [6, 6.07) is 15.2. The van der Waals surface area contributed by atoms with E-state index in [2.05, 4.69) is 15.2 Å². The lowest BCUT2D eigenvalue weighted by atomic mass is 10.1. The van der Waals surface area contributed by atoms with E-state index in [1.54, 1.807) is 6.07 Å². The monoisotopic (exact) mass is 401 g/mol. The van der Waals surface area contributed by atoms with Crippen LogP contribution in [0.5, 0.6) is 0 Å². The molecule has 1 aliphatic heterocycles. The summed E-state index contributed by atoms with van der Waals surface area (Å²) in [4.78, 5) is 19.1. The lowest BCUT2D eigenvalue weighted by Crippen LogP contribution is -2.39. The average molecular weight is 402 g/mol. The summed E-state index contributed by atoms with van der Waals surface area (Å²) in [5, 5.41) is 3.44. The van der Waals surface area contributed by atoms with Crippen LogP contribution in [0, 0.1) is 0 Å². The number of amides is 1. The molecule has 2 heterocycles. The summed E-state index contributed by atoms with van der Waals surface area (Å²) in [6.45, 7) is 1.70. The van der Waals surface area contributed by atoms with Crippen LogP contribution in [-0.2, 0) is 16.4 Å². The Kier molecular flexibility index (Phi) is 4.94. The van der Waals surface area contributed by atoms with Gasteiger partial charge in [0.2, 0.25) is 0 Å². The highest BCUT2D eigenvalue weighted by Crippen LogP contribution is 2.25. The minimum Gasteiger partial charge on any atom is -0.298 e. The number of carbonyl (C=O) groups excluding carboxylic acids is 1. The third-order valence-electron chi connectivity index (χ3n) is 4.55. The molecule has 0 spiro atoms. The number of para-hydroxylation sites is 1. The second-order valence-corrected chi connectivity index (χ2v) is 9.90. The second kappa shape index (κ2) is 7.38. The lowest BCUT2D eigenvalue weighted by molar-refractivity contribution is 0.102. The maximum absolute atomic E-state index is 12.6. The van der Waals surface area contributed by atoms with Crippen LogP contribution in [0.3, 0.4) is 0 Å². The molecular formula is C19H19N3O3S2. The third-order valence-corrected chi connectivity index (χ3v) is 7.11. The molecule has 0 unspecified atom stereocenters. The van der Waals surface area contributed by atoms with Crippen LogP contribution in [-0.4, -0.2) is 48.8 Å². The summed E-state index contributed by atoms with van der Waals surface area (Å²) in [5.41, 5.74) is 2.43. The highest BCUT2D eigenvalue weighted by Gasteiger charge is 2.21. The van der Waals surface area contributed by atoms with Crippen molar-refractivity contribution in [2.24, 2.45) is 0 Å². The number of hydrogen-bond donors (Lipinski definition) is 1. The molecule has 0 saturated carbocycles. The lowest BCUT2D eigenvalue weighted by Gasteiger charge is -2.26. The maximum Gasteiger partial charge on any atom is 0.257 e. The zero-order chi connectivity index (χ0) is 18.9. The quantitative estimate of drug-likeness (QED) is 0.727. The van der Waals surface area contributed by atoms with Crippen molar-refractivity contribution < 1.29 is 13.2 Å². The largest absolute Gasteiger partial charge is 0.298 e. The molecule has 8 heteroatoms. The van der Waals surface area contributed by atoms with Gasteiger partial charge >= 0.3 is 0 Å². The number of hydrogen-bond acceptors (Lipinski definition) is 6. The van der Waals surface area contributed by atoms with Crippen molar-refractivity contribution in [3.05, 3.63) is 59.7 Å². The predicted octanol–water partition coefficient (Wildman–Crippen LogP) is 2.78. The molecule has 6 nitrogen and oxygen atoms in total. The van der Waals surface area contributed by atoms with E-state index in [4.69, 9.17) is 0 Å². The summed E-state index contributed by atoms with van der Waals surface area (Å²) in [5.74, 6) is 0.201. The van der Waals surface area contributed by atoms with E-state index in [1.165, 1.54) is 11.3 Å².